The summed E-state index contributed by atoms with van der Waals surface area (Å²) < 4.78 is 6.09. The molecular formula is C24H14Cl3N3O. The van der Waals surface area contributed by atoms with E-state index in [1.54, 1.807) is 24.3 Å². The molecule has 0 aliphatic rings. The molecule has 0 aliphatic heterocycles. The maximum absolute atomic E-state index is 6.43. The summed E-state index contributed by atoms with van der Waals surface area (Å²) in [5.74, 6) is 1.22. The Hall–Kier alpha value is -3.05. The molecule has 0 radical (unpaired) electrons. The van der Waals surface area contributed by atoms with E-state index in [0.29, 0.717) is 43.0 Å². The molecular weight excluding hydrogens is 453 g/mol. The quantitative estimate of drug-likeness (QED) is 0.279. The lowest BCUT2D eigenvalue weighted by molar-refractivity contribution is 0.618. The molecule has 0 aliphatic carbocycles. The molecule has 5 rings (SSSR count). The van der Waals surface area contributed by atoms with E-state index in [0.717, 1.165) is 16.5 Å². The summed E-state index contributed by atoms with van der Waals surface area (Å²) >= 11 is 18.7. The molecule has 3 aromatic carbocycles. The van der Waals surface area contributed by atoms with Crippen LogP contribution in [0.4, 0.5) is 5.82 Å². The summed E-state index contributed by atoms with van der Waals surface area (Å²) in [5, 5.41) is 8.47. The summed E-state index contributed by atoms with van der Waals surface area (Å²) in [6.45, 7) is 0. The number of benzene rings is 3. The minimum atomic E-state index is 0.401. The first kappa shape index (κ1) is 19.9. The predicted octanol–water partition coefficient (Wildman–Crippen LogP) is 7.54. The first-order chi connectivity index (χ1) is 15.1. The van der Waals surface area contributed by atoms with Crippen molar-refractivity contribution in [3.63, 3.8) is 0 Å². The van der Waals surface area contributed by atoms with Crippen molar-refractivity contribution >= 4 is 62.5 Å². The van der Waals surface area contributed by atoms with Crippen molar-refractivity contribution in [1.29, 1.82) is 0 Å². The minimum Gasteiger partial charge on any atom is -0.454 e. The van der Waals surface area contributed by atoms with Crippen molar-refractivity contribution in [3.05, 3.63) is 99.3 Å². The highest BCUT2D eigenvalue weighted by molar-refractivity contribution is 6.38. The lowest BCUT2D eigenvalue weighted by Crippen LogP contribution is -2.08. The van der Waals surface area contributed by atoms with Gasteiger partial charge in [-0.25, -0.2) is 4.98 Å². The molecule has 0 saturated heterocycles. The lowest BCUT2D eigenvalue weighted by Gasteiger charge is -2.08. The number of hydrogen-bond acceptors (Lipinski definition) is 4. The number of nitrogens with zero attached hydrogens (tertiary/aromatic N) is 2. The molecule has 0 amide bonds. The largest absolute Gasteiger partial charge is 0.454 e. The van der Waals surface area contributed by atoms with Crippen molar-refractivity contribution in [1.82, 2.24) is 4.98 Å². The van der Waals surface area contributed by atoms with Crippen molar-refractivity contribution in [2.45, 2.75) is 0 Å². The molecule has 31 heavy (non-hydrogen) atoms. The Kier molecular flexibility index (Phi) is 5.28. The smallest absolute Gasteiger partial charge is 0.155 e. The van der Waals surface area contributed by atoms with E-state index >= 15 is 0 Å². The Morgan fingerprint density at radius 3 is 2.45 bits per heavy atom. The average molecular weight is 467 g/mol. The Labute approximate surface area is 192 Å². The van der Waals surface area contributed by atoms with E-state index in [9.17, 15) is 0 Å². The highest BCUT2D eigenvalue weighted by Crippen LogP contribution is 2.30. The predicted molar refractivity (Wildman–Crippen MR) is 128 cm³/mol. The number of fused-ring (bicyclic) bond motifs is 2. The number of halogens is 3. The second-order valence-electron chi connectivity index (χ2n) is 6.88. The first-order valence-corrected chi connectivity index (χ1v) is 10.5. The Morgan fingerprint density at radius 2 is 1.61 bits per heavy atom. The molecule has 0 atom stereocenters. The van der Waals surface area contributed by atoms with E-state index in [-0.39, 0.29) is 0 Å². The summed E-state index contributed by atoms with van der Waals surface area (Å²) in [4.78, 5) is 4.60. The van der Waals surface area contributed by atoms with E-state index < -0.39 is 0 Å². The maximum Gasteiger partial charge on any atom is 0.155 e. The Balaban J connectivity index is 1.66. The molecule has 0 fully saturated rings. The van der Waals surface area contributed by atoms with Gasteiger partial charge in [-0.2, -0.15) is 5.10 Å². The standard InChI is InChI=1S/C24H14Cl3N3O/c25-16-8-5-15(6-9-16)22-13-21(18-11-17(26)12-19(27)24(18)31-22)29-30-23-10-7-14-3-1-2-4-20(14)28-23/h1-13H,(H,28,30)/b29-21+. The second kappa shape index (κ2) is 8.23. The molecule has 0 saturated carbocycles. The van der Waals surface area contributed by atoms with Crippen LogP contribution in [-0.4, -0.2) is 4.98 Å². The molecule has 2 heterocycles. The highest BCUT2D eigenvalue weighted by Gasteiger charge is 2.11. The molecule has 0 bridgehead atoms. The molecule has 0 unspecified atom stereocenters. The molecule has 152 valence electrons. The topological polar surface area (TPSA) is 50.4 Å². The van der Waals surface area contributed by atoms with Gasteiger partial charge in [0.05, 0.1) is 15.9 Å². The summed E-state index contributed by atoms with van der Waals surface area (Å²) in [7, 11) is 0. The molecule has 4 nitrogen and oxygen atoms in total. The second-order valence-corrected chi connectivity index (χ2v) is 8.16. The SMILES string of the molecule is Clc1ccc(-c2c/c(=N\Nc3ccc4ccccc4n3)c3cc(Cl)cc(Cl)c3o2)cc1. The number of hydrogen-bond donors (Lipinski definition) is 1. The molecule has 1 N–H and O–H groups in total. The molecule has 2 aromatic heterocycles. The average Bonchev–Trinajstić information content (AvgIpc) is 2.78. The van der Waals surface area contributed by atoms with Crippen molar-refractivity contribution in [2.24, 2.45) is 5.10 Å². The number of anilines is 1. The van der Waals surface area contributed by atoms with Crippen molar-refractivity contribution in [2.75, 3.05) is 5.43 Å². The summed E-state index contributed by atoms with van der Waals surface area (Å²) in [6, 6.07) is 24.3. The van der Waals surface area contributed by atoms with Gasteiger partial charge in [0.2, 0.25) is 0 Å². The van der Waals surface area contributed by atoms with Crippen LogP contribution in [0.1, 0.15) is 0 Å². The van der Waals surface area contributed by atoms with Gasteiger partial charge >= 0.3 is 0 Å². The van der Waals surface area contributed by atoms with Gasteiger partial charge in [0.1, 0.15) is 11.6 Å². The third-order valence-electron chi connectivity index (χ3n) is 4.78. The van der Waals surface area contributed by atoms with Gasteiger partial charge in [-0.3, -0.25) is 5.43 Å². The number of nitrogens with one attached hydrogen (secondary N) is 1. The zero-order valence-corrected chi connectivity index (χ0v) is 18.2. The van der Waals surface area contributed by atoms with Crippen LogP contribution in [0.5, 0.6) is 0 Å². The Bertz CT molecular complexity index is 1490. The van der Waals surface area contributed by atoms with Crippen LogP contribution >= 0.6 is 34.8 Å². The number of pyridine rings is 1. The van der Waals surface area contributed by atoms with Gasteiger partial charge in [-0.05, 0) is 54.6 Å². The van der Waals surface area contributed by atoms with Gasteiger partial charge in [0.15, 0.2) is 5.58 Å². The van der Waals surface area contributed by atoms with Crippen LogP contribution in [0.15, 0.2) is 88.4 Å². The van der Waals surface area contributed by atoms with E-state index in [1.165, 1.54) is 0 Å². The lowest BCUT2D eigenvalue weighted by atomic mass is 10.1. The summed E-state index contributed by atoms with van der Waals surface area (Å²) in [6.07, 6.45) is 0. The zero-order chi connectivity index (χ0) is 21.4. The number of para-hydroxylation sites is 1. The van der Waals surface area contributed by atoms with Crippen LogP contribution < -0.4 is 10.8 Å². The van der Waals surface area contributed by atoms with Gasteiger partial charge in [0, 0.05) is 32.4 Å². The van der Waals surface area contributed by atoms with Crippen molar-refractivity contribution in [3.8, 4) is 11.3 Å². The third kappa shape index (κ3) is 4.10. The fraction of sp³-hybridized carbons (Fsp3) is 0. The zero-order valence-electron chi connectivity index (χ0n) is 15.9. The normalized spacial score (nSPS) is 11.9. The van der Waals surface area contributed by atoms with Crippen LogP contribution in [0.3, 0.4) is 0 Å². The maximum atomic E-state index is 6.43. The van der Waals surface area contributed by atoms with Gasteiger partial charge in [-0.15, -0.1) is 0 Å². The van der Waals surface area contributed by atoms with Crippen LogP contribution in [0, 0.1) is 0 Å². The fourth-order valence-corrected chi connectivity index (χ4v) is 3.95. The van der Waals surface area contributed by atoms with Gasteiger partial charge in [-0.1, -0.05) is 53.0 Å². The first-order valence-electron chi connectivity index (χ1n) is 9.41. The summed E-state index contributed by atoms with van der Waals surface area (Å²) in [5.41, 5.74) is 5.25. The molecule has 0 spiro atoms. The third-order valence-corrected chi connectivity index (χ3v) is 5.53. The van der Waals surface area contributed by atoms with E-state index in [4.69, 9.17) is 39.2 Å². The van der Waals surface area contributed by atoms with E-state index in [2.05, 4.69) is 15.5 Å². The highest BCUT2D eigenvalue weighted by atomic mass is 35.5. The van der Waals surface area contributed by atoms with Gasteiger partial charge < -0.3 is 4.42 Å². The number of rotatable bonds is 3. The van der Waals surface area contributed by atoms with Gasteiger partial charge in [0.25, 0.3) is 0 Å². The van der Waals surface area contributed by atoms with E-state index in [1.807, 2.05) is 54.6 Å². The fourth-order valence-electron chi connectivity index (χ4n) is 3.29. The van der Waals surface area contributed by atoms with Crippen molar-refractivity contribution < 1.29 is 4.42 Å². The monoisotopic (exact) mass is 465 g/mol. The Morgan fingerprint density at radius 1 is 0.806 bits per heavy atom. The van der Waals surface area contributed by atoms with Crippen LogP contribution in [-0.2, 0) is 0 Å². The van der Waals surface area contributed by atoms with Crippen LogP contribution in [0.2, 0.25) is 15.1 Å². The van der Waals surface area contributed by atoms with Crippen LogP contribution in [0.25, 0.3) is 33.2 Å². The number of aromatic nitrogens is 1. The molecule has 7 heteroatoms. The minimum absolute atomic E-state index is 0.401. The molecule has 5 aromatic rings.